The molecule has 0 unspecified atom stereocenters. The van der Waals surface area contributed by atoms with Gasteiger partial charge in [-0.15, -0.1) is 11.3 Å². The minimum Gasteiger partial charge on any atom is -0.400 e. The highest BCUT2D eigenvalue weighted by Crippen LogP contribution is 2.32. The molecule has 4 rings (SSSR count). The average molecular weight is 379 g/mol. The SMILES string of the molecule is CO.Cc1ccc(C(=O)Nc2c(-c3cccs3)nc3ccc(C)cn23)cc1. The molecule has 3 aromatic heterocycles. The van der Waals surface area contributed by atoms with Crippen LogP contribution in [0.15, 0.2) is 60.1 Å². The lowest BCUT2D eigenvalue weighted by molar-refractivity contribution is 0.102. The monoisotopic (exact) mass is 379 g/mol. The summed E-state index contributed by atoms with van der Waals surface area (Å²) < 4.78 is 1.94. The molecule has 0 aliphatic heterocycles. The number of aliphatic hydroxyl groups is 1. The van der Waals surface area contributed by atoms with Crippen LogP contribution in [-0.2, 0) is 0 Å². The van der Waals surface area contributed by atoms with Crippen LogP contribution in [0.4, 0.5) is 5.82 Å². The van der Waals surface area contributed by atoms with Crippen molar-refractivity contribution in [3.8, 4) is 10.6 Å². The number of thiophene rings is 1. The lowest BCUT2D eigenvalue weighted by atomic mass is 10.1. The quantitative estimate of drug-likeness (QED) is 0.549. The van der Waals surface area contributed by atoms with Crippen LogP contribution in [0.5, 0.6) is 0 Å². The Balaban J connectivity index is 0.00000102. The van der Waals surface area contributed by atoms with Gasteiger partial charge in [-0.25, -0.2) is 4.98 Å². The van der Waals surface area contributed by atoms with Gasteiger partial charge in [0.25, 0.3) is 5.91 Å². The summed E-state index contributed by atoms with van der Waals surface area (Å²) in [7, 11) is 1.00. The largest absolute Gasteiger partial charge is 0.400 e. The summed E-state index contributed by atoms with van der Waals surface area (Å²) in [6.45, 7) is 4.03. The van der Waals surface area contributed by atoms with E-state index in [4.69, 9.17) is 10.1 Å². The first kappa shape index (κ1) is 18.8. The van der Waals surface area contributed by atoms with Gasteiger partial charge in [0.2, 0.25) is 0 Å². The van der Waals surface area contributed by atoms with Crippen molar-refractivity contribution in [2.75, 3.05) is 12.4 Å². The van der Waals surface area contributed by atoms with Gasteiger partial charge in [-0.3, -0.25) is 9.20 Å². The third kappa shape index (κ3) is 3.92. The number of aromatic nitrogens is 2. The van der Waals surface area contributed by atoms with Crippen LogP contribution in [0.3, 0.4) is 0 Å². The maximum Gasteiger partial charge on any atom is 0.256 e. The Morgan fingerprint density at radius 1 is 1.04 bits per heavy atom. The predicted octanol–water partition coefficient (Wildman–Crippen LogP) is 4.54. The molecule has 3 heterocycles. The van der Waals surface area contributed by atoms with Crippen molar-refractivity contribution in [2.24, 2.45) is 0 Å². The molecule has 0 aliphatic rings. The summed E-state index contributed by atoms with van der Waals surface area (Å²) in [6, 6.07) is 15.5. The van der Waals surface area contributed by atoms with Gasteiger partial charge in [0, 0.05) is 18.9 Å². The Morgan fingerprint density at radius 3 is 2.41 bits per heavy atom. The molecule has 27 heavy (non-hydrogen) atoms. The van der Waals surface area contributed by atoms with Crippen LogP contribution >= 0.6 is 11.3 Å². The molecule has 0 radical (unpaired) electrons. The van der Waals surface area contributed by atoms with Gasteiger partial charge in [0.1, 0.15) is 17.2 Å². The number of rotatable bonds is 3. The van der Waals surface area contributed by atoms with Crippen LogP contribution in [0, 0.1) is 13.8 Å². The molecule has 0 spiro atoms. The molecule has 0 saturated heterocycles. The maximum atomic E-state index is 12.7. The third-order valence-electron chi connectivity index (χ3n) is 4.07. The first-order chi connectivity index (χ1) is 13.1. The summed E-state index contributed by atoms with van der Waals surface area (Å²) in [5.74, 6) is 0.563. The van der Waals surface area contributed by atoms with Gasteiger partial charge >= 0.3 is 0 Å². The number of aryl methyl sites for hydroxylation is 2. The van der Waals surface area contributed by atoms with Crippen molar-refractivity contribution in [1.82, 2.24) is 9.38 Å². The number of pyridine rings is 1. The molecule has 0 bridgehead atoms. The average Bonchev–Trinajstić information content (AvgIpc) is 3.32. The minimum absolute atomic E-state index is 0.138. The van der Waals surface area contributed by atoms with Crippen molar-refractivity contribution in [1.29, 1.82) is 0 Å². The third-order valence-corrected chi connectivity index (χ3v) is 4.94. The van der Waals surface area contributed by atoms with E-state index in [1.807, 2.05) is 78.4 Å². The second-order valence-corrected chi connectivity index (χ2v) is 6.99. The predicted molar refractivity (Wildman–Crippen MR) is 111 cm³/mol. The van der Waals surface area contributed by atoms with E-state index >= 15 is 0 Å². The zero-order chi connectivity index (χ0) is 19.4. The first-order valence-electron chi connectivity index (χ1n) is 8.47. The Morgan fingerprint density at radius 2 is 1.74 bits per heavy atom. The topological polar surface area (TPSA) is 66.6 Å². The van der Waals surface area contributed by atoms with Crippen LogP contribution < -0.4 is 5.32 Å². The number of aliphatic hydroxyl groups excluding tert-OH is 1. The van der Waals surface area contributed by atoms with Crippen LogP contribution in [-0.4, -0.2) is 27.5 Å². The Kier molecular flexibility index (Phi) is 5.69. The lowest BCUT2D eigenvalue weighted by Gasteiger charge is -2.08. The Bertz CT molecular complexity index is 1050. The van der Waals surface area contributed by atoms with Crippen molar-refractivity contribution < 1.29 is 9.90 Å². The molecular formula is C21H21N3O2S. The molecule has 6 heteroatoms. The number of fused-ring (bicyclic) bond motifs is 1. The molecular weight excluding hydrogens is 358 g/mol. The summed E-state index contributed by atoms with van der Waals surface area (Å²) in [6.07, 6.45) is 1.99. The first-order valence-corrected chi connectivity index (χ1v) is 9.35. The minimum atomic E-state index is -0.138. The number of imidazole rings is 1. The number of nitrogens with zero attached hydrogens (tertiary/aromatic N) is 2. The fourth-order valence-electron chi connectivity index (χ4n) is 2.74. The van der Waals surface area contributed by atoms with Gasteiger partial charge in [-0.05, 0) is 49.1 Å². The van der Waals surface area contributed by atoms with E-state index in [0.29, 0.717) is 11.4 Å². The number of carbonyl (C=O) groups excluding carboxylic acids is 1. The van der Waals surface area contributed by atoms with Crippen molar-refractivity contribution >= 4 is 28.7 Å². The van der Waals surface area contributed by atoms with Crippen LogP contribution in [0.2, 0.25) is 0 Å². The smallest absolute Gasteiger partial charge is 0.256 e. The lowest BCUT2D eigenvalue weighted by Crippen LogP contribution is -2.14. The summed E-state index contributed by atoms with van der Waals surface area (Å²) >= 11 is 1.61. The van der Waals surface area contributed by atoms with E-state index in [-0.39, 0.29) is 5.91 Å². The van der Waals surface area contributed by atoms with E-state index in [0.717, 1.165) is 34.5 Å². The maximum absolute atomic E-state index is 12.7. The summed E-state index contributed by atoms with van der Waals surface area (Å²) in [4.78, 5) is 18.5. The highest BCUT2D eigenvalue weighted by molar-refractivity contribution is 7.13. The van der Waals surface area contributed by atoms with Gasteiger partial charge < -0.3 is 10.4 Å². The molecule has 0 atom stereocenters. The Hall–Kier alpha value is -2.96. The Labute approximate surface area is 161 Å². The number of anilines is 1. The van der Waals surface area contributed by atoms with E-state index < -0.39 is 0 Å². The second-order valence-electron chi connectivity index (χ2n) is 6.04. The second kappa shape index (κ2) is 8.16. The van der Waals surface area contributed by atoms with Crippen molar-refractivity contribution in [2.45, 2.75) is 13.8 Å². The summed E-state index contributed by atoms with van der Waals surface area (Å²) in [5.41, 5.74) is 4.47. The molecule has 0 aliphatic carbocycles. The molecule has 0 saturated carbocycles. The fourth-order valence-corrected chi connectivity index (χ4v) is 3.45. The number of hydrogen-bond donors (Lipinski definition) is 2. The van der Waals surface area contributed by atoms with E-state index in [1.54, 1.807) is 11.3 Å². The molecule has 2 N–H and O–H groups in total. The number of amides is 1. The number of carbonyl (C=O) groups is 1. The number of hydrogen-bond acceptors (Lipinski definition) is 4. The standard InChI is InChI=1S/C20H17N3OS.CH4O/c1-13-5-8-15(9-6-13)20(24)22-19-18(16-4-3-11-25-16)21-17-10-7-14(2)12-23(17)19;1-2/h3-12H,1-2H3,(H,22,24);2H,1H3. The van der Waals surface area contributed by atoms with E-state index in [9.17, 15) is 4.79 Å². The van der Waals surface area contributed by atoms with Crippen molar-refractivity contribution in [3.05, 3.63) is 76.8 Å². The zero-order valence-electron chi connectivity index (χ0n) is 15.4. The number of benzene rings is 1. The van der Waals surface area contributed by atoms with E-state index in [2.05, 4.69) is 5.32 Å². The zero-order valence-corrected chi connectivity index (χ0v) is 16.2. The molecule has 0 fully saturated rings. The normalized spacial score (nSPS) is 10.4. The molecule has 1 aromatic carbocycles. The molecule has 1 amide bonds. The molecule has 5 nitrogen and oxygen atoms in total. The van der Waals surface area contributed by atoms with Gasteiger partial charge in [0.05, 0.1) is 4.88 Å². The van der Waals surface area contributed by atoms with Gasteiger partial charge in [-0.2, -0.15) is 0 Å². The van der Waals surface area contributed by atoms with Gasteiger partial charge in [0.15, 0.2) is 0 Å². The number of nitrogens with one attached hydrogen (secondary N) is 1. The van der Waals surface area contributed by atoms with Crippen LogP contribution in [0.25, 0.3) is 16.2 Å². The van der Waals surface area contributed by atoms with Gasteiger partial charge in [-0.1, -0.05) is 29.8 Å². The van der Waals surface area contributed by atoms with E-state index in [1.165, 1.54) is 0 Å². The highest BCUT2D eigenvalue weighted by atomic mass is 32.1. The fraction of sp³-hybridized carbons (Fsp3) is 0.143. The van der Waals surface area contributed by atoms with Crippen molar-refractivity contribution in [3.63, 3.8) is 0 Å². The molecule has 138 valence electrons. The molecule has 4 aromatic rings. The summed E-state index contributed by atoms with van der Waals surface area (Å²) in [5, 5.41) is 12.1. The highest BCUT2D eigenvalue weighted by Gasteiger charge is 2.18. The van der Waals surface area contributed by atoms with Crippen LogP contribution in [0.1, 0.15) is 21.5 Å².